The van der Waals surface area contributed by atoms with Gasteiger partial charge in [0.2, 0.25) is 0 Å². The Morgan fingerprint density at radius 3 is 2.71 bits per heavy atom. The van der Waals surface area contributed by atoms with E-state index in [1.807, 2.05) is 0 Å². The molecule has 0 saturated heterocycles. The minimum absolute atomic E-state index is 0.0250. The fraction of sp³-hybridized carbons (Fsp3) is 0.455. The summed E-state index contributed by atoms with van der Waals surface area (Å²) < 4.78 is 4.91. The molecule has 1 aromatic rings. The van der Waals surface area contributed by atoms with E-state index < -0.39 is 17.9 Å². The van der Waals surface area contributed by atoms with Crippen LogP contribution in [-0.2, 0) is 4.79 Å². The average molecular weight is 258 g/mol. The summed E-state index contributed by atoms with van der Waals surface area (Å²) in [7, 11) is 0. The van der Waals surface area contributed by atoms with Gasteiger partial charge in [-0.2, -0.15) is 0 Å². The first-order valence-electron chi connectivity index (χ1n) is 5.35. The SMILES string of the molecule is O=C(NC(CC1CC1)C(=O)O)c1ccc(Cl)o1. The number of aliphatic carboxylic acids is 1. The number of nitrogens with one attached hydrogen (secondary N) is 1. The third-order valence-corrected chi connectivity index (χ3v) is 2.87. The van der Waals surface area contributed by atoms with Crippen molar-refractivity contribution in [1.29, 1.82) is 0 Å². The quantitative estimate of drug-likeness (QED) is 0.845. The summed E-state index contributed by atoms with van der Waals surface area (Å²) in [5, 5.41) is 11.5. The molecule has 1 aliphatic rings. The molecule has 1 unspecified atom stereocenters. The van der Waals surface area contributed by atoms with Gasteiger partial charge in [0.15, 0.2) is 11.0 Å². The maximum atomic E-state index is 11.6. The molecule has 1 amide bonds. The van der Waals surface area contributed by atoms with E-state index in [9.17, 15) is 9.59 Å². The Morgan fingerprint density at radius 2 is 2.24 bits per heavy atom. The van der Waals surface area contributed by atoms with Crippen molar-refractivity contribution < 1.29 is 19.1 Å². The molecular weight excluding hydrogens is 246 g/mol. The Labute approximate surface area is 103 Å². The van der Waals surface area contributed by atoms with Crippen molar-refractivity contribution in [2.45, 2.75) is 25.3 Å². The molecule has 5 nitrogen and oxygen atoms in total. The molecule has 6 heteroatoms. The molecule has 0 radical (unpaired) electrons. The van der Waals surface area contributed by atoms with E-state index in [1.54, 1.807) is 0 Å². The Kier molecular flexibility index (Phi) is 3.38. The van der Waals surface area contributed by atoms with E-state index in [4.69, 9.17) is 21.1 Å². The van der Waals surface area contributed by atoms with E-state index in [2.05, 4.69) is 5.32 Å². The fourth-order valence-electron chi connectivity index (χ4n) is 1.57. The van der Waals surface area contributed by atoms with Gasteiger partial charge in [-0.25, -0.2) is 4.79 Å². The van der Waals surface area contributed by atoms with Gasteiger partial charge >= 0.3 is 5.97 Å². The van der Waals surface area contributed by atoms with Crippen LogP contribution in [0.3, 0.4) is 0 Å². The number of halogens is 1. The standard InChI is InChI=1S/C11H12ClNO4/c12-9-4-3-8(17-9)10(14)13-7(11(15)16)5-6-1-2-6/h3-4,6-7H,1-2,5H2,(H,13,14)(H,15,16). The molecular formula is C11H12ClNO4. The Morgan fingerprint density at radius 1 is 1.53 bits per heavy atom. The minimum Gasteiger partial charge on any atom is -0.480 e. The molecule has 1 fully saturated rings. The van der Waals surface area contributed by atoms with E-state index >= 15 is 0 Å². The van der Waals surface area contributed by atoms with E-state index in [1.165, 1.54) is 12.1 Å². The molecule has 1 saturated carbocycles. The lowest BCUT2D eigenvalue weighted by Crippen LogP contribution is -2.41. The van der Waals surface area contributed by atoms with Gasteiger partial charge in [-0.3, -0.25) is 4.79 Å². The highest BCUT2D eigenvalue weighted by atomic mass is 35.5. The van der Waals surface area contributed by atoms with Crippen LogP contribution in [-0.4, -0.2) is 23.0 Å². The minimum atomic E-state index is -1.03. The van der Waals surface area contributed by atoms with Gasteiger partial charge in [0, 0.05) is 0 Å². The Balaban J connectivity index is 1.96. The first-order chi connectivity index (χ1) is 8.06. The van der Waals surface area contributed by atoms with Gasteiger partial charge < -0.3 is 14.8 Å². The molecule has 2 rings (SSSR count). The second kappa shape index (κ2) is 4.79. The highest BCUT2D eigenvalue weighted by Crippen LogP contribution is 2.33. The second-order valence-electron chi connectivity index (χ2n) is 4.15. The number of hydrogen-bond donors (Lipinski definition) is 2. The molecule has 17 heavy (non-hydrogen) atoms. The smallest absolute Gasteiger partial charge is 0.326 e. The summed E-state index contributed by atoms with van der Waals surface area (Å²) in [5.41, 5.74) is 0. The van der Waals surface area contributed by atoms with Crippen LogP contribution in [0.5, 0.6) is 0 Å². The molecule has 0 aromatic carbocycles. The topological polar surface area (TPSA) is 79.5 Å². The summed E-state index contributed by atoms with van der Waals surface area (Å²) in [4.78, 5) is 22.6. The van der Waals surface area contributed by atoms with Gasteiger partial charge in [-0.15, -0.1) is 0 Å². The number of carbonyl (C=O) groups is 2. The van der Waals surface area contributed by atoms with E-state index in [0.29, 0.717) is 12.3 Å². The zero-order valence-electron chi connectivity index (χ0n) is 8.98. The van der Waals surface area contributed by atoms with Crippen LogP contribution in [0.4, 0.5) is 0 Å². The lowest BCUT2D eigenvalue weighted by atomic mass is 10.1. The number of carboxylic acid groups (broad SMARTS) is 1. The number of furan rings is 1. The van der Waals surface area contributed by atoms with Crippen molar-refractivity contribution in [1.82, 2.24) is 5.32 Å². The lowest BCUT2D eigenvalue weighted by molar-refractivity contribution is -0.139. The van der Waals surface area contributed by atoms with Crippen LogP contribution in [0.15, 0.2) is 16.5 Å². The molecule has 1 atom stereocenters. The molecule has 0 bridgehead atoms. The predicted octanol–water partition coefficient (Wildman–Crippen LogP) is 1.92. The largest absolute Gasteiger partial charge is 0.480 e. The van der Waals surface area contributed by atoms with Gasteiger partial charge in [0.1, 0.15) is 6.04 Å². The van der Waals surface area contributed by atoms with E-state index in [-0.39, 0.29) is 11.0 Å². The molecule has 1 aliphatic carbocycles. The van der Waals surface area contributed by atoms with Gasteiger partial charge in [0.05, 0.1) is 0 Å². The van der Waals surface area contributed by atoms with Crippen LogP contribution in [0.1, 0.15) is 29.8 Å². The lowest BCUT2D eigenvalue weighted by Gasteiger charge is -2.12. The third kappa shape index (κ3) is 3.23. The number of carboxylic acids is 1. The van der Waals surface area contributed by atoms with Crippen LogP contribution in [0.2, 0.25) is 5.22 Å². The number of amides is 1. The summed E-state index contributed by atoms with van der Waals surface area (Å²) in [6.07, 6.45) is 2.54. The normalized spacial score (nSPS) is 16.5. The highest BCUT2D eigenvalue weighted by molar-refractivity contribution is 6.29. The van der Waals surface area contributed by atoms with Gasteiger partial charge in [-0.05, 0) is 36.1 Å². The summed E-state index contributed by atoms with van der Waals surface area (Å²) in [6, 6.07) is 1.99. The zero-order valence-corrected chi connectivity index (χ0v) is 9.74. The average Bonchev–Trinajstić information content (AvgIpc) is 2.97. The van der Waals surface area contributed by atoms with Crippen molar-refractivity contribution in [2.75, 3.05) is 0 Å². The number of hydrogen-bond acceptors (Lipinski definition) is 3. The van der Waals surface area contributed by atoms with Gasteiger partial charge in [-0.1, -0.05) is 12.8 Å². The monoisotopic (exact) mass is 257 g/mol. The van der Waals surface area contributed by atoms with E-state index in [0.717, 1.165) is 12.8 Å². The van der Waals surface area contributed by atoms with Crippen molar-refractivity contribution in [2.24, 2.45) is 5.92 Å². The molecule has 1 heterocycles. The van der Waals surface area contributed by atoms with Crippen LogP contribution in [0.25, 0.3) is 0 Å². The van der Waals surface area contributed by atoms with Gasteiger partial charge in [0.25, 0.3) is 5.91 Å². The fourth-order valence-corrected chi connectivity index (χ4v) is 1.72. The highest BCUT2D eigenvalue weighted by Gasteiger charge is 2.30. The molecule has 2 N–H and O–H groups in total. The first kappa shape index (κ1) is 12.0. The predicted molar refractivity (Wildman–Crippen MR) is 59.9 cm³/mol. The second-order valence-corrected chi connectivity index (χ2v) is 4.52. The van der Waals surface area contributed by atoms with Crippen molar-refractivity contribution in [3.05, 3.63) is 23.1 Å². The number of rotatable bonds is 5. The molecule has 0 aliphatic heterocycles. The summed E-state index contributed by atoms with van der Waals surface area (Å²) >= 11 is 5.53. The van der Waals surface area contributed by atoms with Crippen LogP contribution < -0.4 is 5.32 Å². The van der Waals surface area contributed by atoms with Crippen LogP contribution in [0, 0.1) is 5.92 Å². The summed E-state index contributed by atoms with van der Waals surface area (Å²) in [5.74, 6) is -1.14. The molecule has 92 valence electrons. The maximum Gasteiger partial charge on any atom is 0.326 e. The first-order valence-corrected chi connectivity index (χ1v) is 5.73. The summed E-state index contributed by atoms with van der Waals surface area (Å²) in [6.45, 7) is 0. The van der Waals surface area contributed by atoms with Crippen molar-refractivity contribution in [3.8, 4) is 0 Å². The van der Waals surface area contributed by atoms with Crippen molar-refractivity contribution >= 4 is 23.5 Å². The molecule has 1 aromatic heterocycles. The van der Waals surface area contributed by atoms with Crippen LogP contribution >= 0.6 is 11.6 Å². The Bertz CT molecular complexity index is 438. The number of carbonyl (C=O) groups excluding carboxylic acids is 1. The zero-order chi connectivity index (χ0) is 12.4. The molecule has 0 spiro atoms. The third-order valence-electron chi connectivity index (χ3n) is 2.67. The maximum absolute atomic E-state index is 11.6. The Hall–Kier alpha value is -1.49. The van der Waals surface area contributed by atoms with Crippen molar-refractivity contribution in [3.63, 3.8) is 0 Å².